The van der Waals surface area contributed by atoms with Crippen molar-refractivity contribution in [3.63, 3.8) is 0 Å². The first kappa shape index (κ1) is 13.5. The molecule has 0 radical (unpaired) electrons. The zero-order valence-electron chi connectivity index (χ0n) is 10.7. The minimum Gasteiger partial charge on any atom is -0.478 e. The molecule has 0 bridgehead atoms. The molecule has 1 N–H and O–H groups in total. The lowest BCUT2D eigenvalue weighted by Gasteiger charge is -2.05. The molecule has 0 aliphatic carbocycles. The normalized spacial score (nSPS) is 10.3. The van der Waals surface area contributed by atoms with Gasteiger partial charge in [-0.15, -0.1) is 0 Å². The molecule has 8 nitrogen and oxygen atoms in total. The smallest absolute Gasteiger partial charge is 0.427 e. The molecule has 0 spiro atoms. The fourth-order valence-electron chi connectivity index (χ4n) is 1.58. The maximum Gasteiger partial charge on any atom is 0.427 e. The van der Waals surface area contributed by atoms with Crippen molar-refractivity contribution in [3.8, 4) is 11.6 Å². The zero-order chi connectivity index (χ0) is 14.9. The number of carboxylic acids is 1. The van der Waals surface area contributed by atoms with E-state index in [0.717, 1.165) is 0 Å². The van der Waals surface area contributed by atoms with Crippen molar-refractivity contribution in [2.75, 3.05) is 0 Å². The van der Waals surface area contributed by atoms with Crippen LogP contribution < -0.4 is 4.74 Å². The van der Waals surface area contributed by atoms with Crippen LogP contribution in [0.1, 0.15) is 16.2 Å². The Morgan fingerprint density at radius 1 is 1.40 bits per heavy atom. The van der Waals surface area contributed by atoms with Gasteiger partial charge in [-0.05, 0) is 34.2 Å². The van der Waals surface area contributed by atoms with Crippen LogP contribution in [0.25, 0.3) is 0 Å². The van der Waals surface area contributed by atoms with Gasteiger partial charge in [-0.25, -0.2) is 4.79 Å². The fourth-order valence-corrected chi connectivity index (χ4v) is 1.58. The van der Waals surface area contributed by atoms with E-state index in [0.29, 0.717) is 11.6 Å². The Kier molecular flexibility index (Phi) is 3.38. The summed E-state index contributed by atoms with van der Waals surface area (Å²) in [5, 5.41) is 19.7. The first-order valence-electron chi connectivity index (χ1n) is 5.59. The second kappa shape index (κ2) is 5.00. The Morgan fingerprint density at radius 2 is 2.00 bits per heavy atom. The van der Waals surface area contributed by atoms with Crippen molar-refractivity contribution in [1.29, 1.82) is 0 Å². The number of benzene rings is 1. The molecule has 0 fully saturated rings. The number of imidazole rings is 1. The summed E-state index contributed by atoms with van der Waals surface area (Å²) in [4.78, 5) is 24.8. The summed E-state index contributed by atoms with van der Waals surface area (Å²) >= 11 is 0. The third-order valence-electron chi connectivity index (χ3n) is 2.74. The molecule has 8 heteroatoms. The number of nitro groups is 1. The molecular weight excluding hydrogens is 266 g/mol. The molecule has 0 aliphatic rings. The zero-order valence-corrected chi connectivity index (χ0v) is 10.7. The summed E-state index contributed by atoms with van der Waals surface area (Å²) in [6, 6.07) is 5.56. The van der Waals surface area contributed by atoms with Crippen LogP contribution in [-0.4, -0.2) is 25.6 Å². The van der Waals surface area contributed by atoms with Crippen molar-refractivity contribution in [2.24, 2.45) is 7.05 Å². The average Bonchev–Trinajstić information content (AvgIpc) is 2.68. The molecule has 0 atom stereocenters. The number of ether oxygens (including phenoxy) is 1. The molecule has 2 rings (SSSR count). The van der Waals surface area contributed by atoms with Gasteiger partial charge < -0.3 is 20.0 Å². The number of aryl methyl sites for hydroxylation is 1. The highest BCUT2D eigenvalue weighted by Gasteiger charge is 2.25. The second-order valence-corrected chi connectivity index (χ2v) is 4.04. The number of aromatic nitrogens is 2. The van der Waals surface area contributed by atoms with Crippen LogP contribution in [0, 0.1) is 17.0 Å². The molecule has 0 saturated carbocycles. The van der Waals surface area contributed by atoms with E-state index in [1.165, 1.54) is 28.8 Å². The van der Waals surface area contributed by atoms with Gasteiger partial charge in [-0.3, -0.25) is 4.57 Å². The molecule has 0 aliphatic heterocycles. The first-order valence-corrected chi connectivity index (χ1v) is 5.59. The number of hydrogen-bond acceptors (Lipinski definition) is 5. The minimum atomic E-state index is -1.06. The standard InChI is InChI=1S/C12H11N3O5/c1-7-13-10(15(18)19)11(14(7)2)20-9-5-3-8(4-6-9)12(16)17/h3-6H,1-2H3,(H,16,17). The van der Waals surface area contributed by atoms with Gasteiger partial charge in [0.25, 0.3) is 0 Å². The van der Waals surface area contributed by atoms with E-state index in [1.54, 1.807) is 14.0 Å². The van der Waals surface area contributed by atoms with Crippen molar-refractivity contribution in [1.82, 2.24) is 9.55 Å². The maximum atomic E-state index is 10.9. The van der Waals surface area contributed by atoms with Crippen LogP contribution >= 0.6 is 0 Å². The van der Waals surface area contributed by atoms with E-state index >= 15 is 0 Å². The van der Waals surface area contributed by atoms with E-state index in [4.69, 9.17) is 9.84 Å². The van der Waals surface area contributed by atoms with Gasteiger partial charge >= 0.3 is 17.7 Å². The summed E-state index contributed by atoms with van der Waals surface area (Å²) in [6.07, 6.45) is 0. The molecule has 0 saturated heterocycles. The van der Waals surface area contributed by atoms with Crippen molar-refractivity contribution in [2.45, 2.75) is 6.92 Å². The molecule has 2 aromatic rings. The SMILES string of the molecule is Cc1nc([N+](=O)[O-])c(Oc2ccc(C(=O)O)cc2)n1C. The van der Waals surface area contributed by atoms with Crippen LogP contribution in [0.2, 0.25) is 0 Å². The Morgan fingerprint density at radius 3 is 2.50 bits per heavy atom. The number of nitrogens with zero attached hydrogens (tertiary/aromatic N) is 3. The van der Waals surface area contributed by atoms with E-state index in [9.17, 15) is 14.9 Å². The topological polar surface area (TPSA) is 107 Å². The van der Waals surface area contributed by atoms with E-state index in [1.807, 2.05) is 0 Å². The Balaban J connectivity index is 2.34. The lowest BCUT2D eigenvalue weighted by Crippen LogP contribution is -1.99. The van der Waals surface area contributed by atoms with Crippen LogP contribution in [-0.2, 0) is 7.05 Å². The highest BCUT2D eigenvalue weighted by atomic mass is 16.6. The molecule has 104 valence electrons. The summed E-state index contributed by atoms with van der Waals surface area (Å²) in [7, 11) is 1.59. The van der Waals surface area contributed by atoms with Crippen molar-refractivity contribution in [3.05, 3.63) is 45.8 Å². The van der Waals surface area contributed by atoms with Crippen LogP contribution in [0.5, 0.6) is 11.6 Å². The summed E-state index contributed by atoms with van der Waals surface area (Å²) in [6.45, 7) is 1.62. The van der Waals surface area contributed by atoms with Gasteiger partial charge in [0.05, 0.1) is 5.56 Å². The molecule has 20 heavy (non-hydrogen) atoms. The van der Waals surface area contributed by atoms with Gasteiger partial charge in [0.15, 0.2) is 0 Å². The second-order valence-electron chi connectivity index (χ2n) is 4.04. The van der Waals surface area contributed by atoms with Gasteiger partial charge in [0.2, 0.25) is 5.82 Å². The maximum absolute atomic E-state index is 10.9. The summed E-state index contributed by atoms with van der Waals surface area (Å²) in [5.41, 5.74) is 0.105. The minimum absolute atomic E-state index is 0.00410. The molecular formula is C12H11N3O5. The van der Waals surface area contributed by atoms with Gasteiger partial charge in [-0.2, -0.15) is 0 Å². The van der Waals surface area contributed by atoms with Gasteiger partial charge in [0.1, 0.15) is 5.75 Å². The number of carbonyl (C=O) groups is 1. The third-order valence-corrected chi connectivity index (χ3v) is 2.74. The molecule has 1 aromatic carbocycles. The summed E-state index contributed by atoms with van der Waals surface area (Å²) in [5.74, 6) is -0.711. The predicted octanol–water partition coefficient (Wildman–Crippen LogP) is 2.13. The van der Waals surface area contributed by atoms with E-state index in [-0.39, 0.29) is 17.3 Å². The molecule has 0 unspecified atom stereocenters. The predicted molar refractivity (Wildman–Crippen MR) is 68.1 cm³/mol. The van der Waals surface area contributed by atoms with Crippen LogP contribution in [0.3, 0.4) is 0 Å². The molecule has 1 aromatic heterocycles. The number of aromatic carboxylic acids is 1. The Hall–Kier alpha value is -2.90. The highest BCUT2D eigenvalue weighted by Crippen LogP contribution is 2.31. The lowest BCUT2D eigenvalue weighted by molar-refractivity contribution is -0.390. The molecule has 0 amide bonds. The van der Waals surface area contributed by atoms with E-state index < -0.39 is 10.9 Å². The first-order chi connectivity index (χ1) is 9.40. The quantitative estimate of drug-likeness (QED) is 0.677. The lowest BCUT2D eigenvalue weighted by atomic mass is 10.2. The Bertz CT molecular complexity index is 675. The van der Waals surface area contributed by atoms with Crippen LogP contribution in [0.15, 0.2) is 24.3 Å². The van der Waals surface area contributed by atoms with Crippen molar-refractivity contribution < 1.29 is 19.6 Å². The molecule has 1 heterocycles. The van der Waals surface area contributed by atoms with Gasteiger partial charge in [0, 0.05) is 14.0 Å². The third kappa shape index (κ3) is 2.44. The number of rotatable bonds is 4. The fraction of sp³-hybridized carbons (Fsp3) is 0.167. The van der Waals surface area contributed by atoms with Gasteiger partial charge in [-0.1, -0.05) is 0 Å². The number of hydrogen-bond donors (Lipinski definition) is 1. The Labute approximate surface area is 113 Å². The monoisotopic (exact) mass is 277 g/mol. The summed E-state index contributed by atoms with van der Waals surface area (Å²) < 4.78 is 6.87. The van der Waals surface area contributed by atoms with Crippen LogP contribution in [0.4, 0.5) is 5.82 Å². The largest absolute Gasteiger partial charge is 0.478 e. The van der Waals surface area contributed by atoms with E-state index in [2.05, 4.69) is 4.98 Å². The number of carboxylic acid groups (broad SMARTS) is 1. The average molecular weight is 277 g/mol. The highest BCUT2D eigenvalue weighted by molar-refractivity contribution is 5.87. The van der Waals surface area contributed by atoms with Crippen molar-refractivity contribution >= 4 is 11.8 Å².